The van der Waals surface area contributed by atoms with E-state index in [4.69, 9.17) is 27.9 Å². The van der Waals surface area contributed by atoms with E-state index >= 15 is 0 Å². The molecule has 3 aromatic carbocycles. The molecule has 0 aliphatic rings. The third-order valence-corrected chi connectivity index (χ3v) is 4.11. The lowest BCUT2D eigenvalue weighted by atomic mass is 10.3. The predicted octanol–water partition coefficient (Wildman–Crippen LogP) is 6.34. The van der Waals surface area contributed by atoms with Crippen molar-refractivity contribution in [2.24, 2.45) is 0 Å². The number of non-ortho nitro benzene ring substituents is 1. The average Bonchev–Trinajstić information content (AvgIpc) is 2.66. The summed E-state index contributed by atoms with van der Waals surface area (Å²) in [4.78, 5) is 22.2. The molecule has 2 amide bonds. The van der Waals surface area contributed by atoms with Gasteiger partial charge in [-0.1, -0.05) is 23.2 Å². The number of hydrogen-bond acceptors (Lipinski definition) is 4. The highest BCUT2D eigenvalue weighted by Crippen LogP contribution is 2.32. The summed E-state index contributed by atoms with van der Waals surface area (Å²) in [6.07, 6.45) is 0. The molecule has 2 N–H and O–H groups in total. The summed E-state index contributed by atoms with van der Waals surface area (Å²) in [5.41, 5.74) is 0.804. The average molecular weight is 418 g/mol. The SMILES string of the molecule is O=C(Nc1ccc([N+](=O)[O-])cc1)Nc1ccc(Oc2ccc(Cl)cc2)c(Cl)c1. The number of nitro groups is 1. The fraction of sp³-hybridized carbons (Fsp3) is 0. The molecule has 0 saturated heterocycles. The Morgan fingerprint density at radius 2 is 1.50 bits per heavy atom. The molecular weight excluding hydrogens is 405 g/mol. The second kappa shape index (κ2) is 8.60. The number of urea groups is 1. The Morgan fingerprint density at radius 1 is 0.893 bits per heavy atom. The van der Waals surface area contributed by atoms with Gasteiger partial charge in [-0.15, -0.1) is 0 Å². The van der Waals surface area contributed by atoms with Crippen molar-refractivity contribution in [2.45, 2.75) is 0 Å². The zero-order valence-corrected chi connectivity index (χ0v) is 15.7. The Bertz CT molecular complexity index is 1010. The Labute approximate surface area is 170 Å². The first-order chi connectivity index (χ1) is 13.4. The molecule has 28 heavy (non-hydrogen) atoms. The number of anilines is 2. The zero-order valence-electron chi connectivity index (χ0n) is 14.2. The molecule has 0 bridgehead atoms. The molecule has 7 nitrogen and oxygen atoms in total. The molecule has 0 spiro atoms. The van der Waals surface area contributed by atoms with Crippen molar-refractivity contribution < 1.29 is 14.5 Å². The van der Waals surface area contributed by atoms with Crippen molar-refractivity contribution in [1.82, 2.24) is 0 Å². The summed E-state index contributed by atoms with van der Waals surface area (Å²) in [6.45, 7) is 0. The summed E-state index contributed by atoms with van der Waals surface area (Å²) in [5.74, 6) is 0.994. The standard InChI is InChI=1S/C19H13Cl2N3O4/c20-12-1-8-16(9-2-12)28-18-10-5-14(11-17(18)21)23-19(25)22-13-3-6-15(7-4-13)24(26)27/h1-11H,(H2,22,23,25). The molecule has 142 valence electrons. The van der Waals surface area contributed by atoms with E-state index in [1.807, 2.05) is 0 Å². The van der Waals surface area contributed by atoms with Crippen LogP contribution in [0.4, 0.5) is 21.9 Å². The molecular formula is C19H13Cl2N3O4. The van der Waals surface area contributed by atoms with Gasteiger partial charge in [0.05, 0.1) is 9.95 Å². The molecule has 0 heterocycles. The third kappa shape index (κ3) is 5.12. The maximum atomic E-state index is 12.1. The molecule has 3 rings (SSSR count). The third-order valence-electron chi connectivity index (χ3n) is 3.57. The summed E-state index contributed by atoms with van der Waals surface area (Å²) in [7, 11) is 0. The highest BCUT2D eigenvalue weighted by Gasteiger charge is 2.09. The van der Waals surface area contributed by atoms with Crippen LogP contribution in [0.15, 0.2) is 66.7 Å². The minimum Gasteiger partial charge on any atom is -0.456 e. The molecule has 0 unspecified atom stereocenters. The summed E-state index contributed by atoms with van der Waals surface area (Å²) < 4.78 is 5.68. The van der Waals surface area contributed by atoms with Crippen LogP contribution >= 0.6 is 23.2 Å². The van der Waals surface area contributed by atoms with Gasteiger partial charge in [-0.25, -0.2) is 4.79 Å². The van der Waals surface area contributed by atoms with Crippen LogP contribution < -0.4 is 15.4 Å². The number of carbonyl (C=O) groups excluding carboxylic acids is 1. The minimum atomic E-state index is -0.517. The Balaban J connectivity index is 1.62. The highest BCUT2D eigenvalue weighted by atomic mass is 35.5. The van der Waals surface area contributed by atoms with Crippen LogP contribution in [0.25, 0.3) is 0 Å². The highest BCUT2D eigenvalue weighted by molar-refractivity contribution is 6.32. The summed E-state index contributed by atoms with van der Waals surface area (Å²) in [6, 6.07) is 16.6. The molecule has 0 radical (unpaired) electrons. The van der Waals surface area contributed by atoms with Crippen LogP contribution in [0.1, 0.15) is 0 Å². The Hall–Kier alpha value is -3.29. The van der Waals surface area contributed by atoms with Crippen LogP contribution in [-0.4, -0.2) is 11.0 Å². The zero-order chi connectivity index (χ0) is 20.1. The molecule has 3 aromatic rings. The van der Waals surface area contributed by atoms with Crippen LogP contribution in [0.5, 0.6) is 11.5 Å². The fourth-order valence-corrected chi connectivity index (χ4v) is 2.60. The number of nitrogens with one attached hydrogen (secondary N) is 2. The van der Waals surface area contributed by atoms with E-state index in [2.05, 4.69) is 10.6 Å². The van der Waals surface area contributed by atoms with Gasteiger partial charge in [-0.3, -0.25) is 10.1 Å². The van der Waals surface area contributed by atoms with Gasteiger partial charge in [0, 0.05) is 28.5 Å². The van der Waals surface area contributed by atoms with Gasteiger partial charge < -0.3 is 15.4 Å². The number of nitrogens with zero attached hydrogens (tertiary/aromatic N) is 1. The van der Waals surface area contributed by atoms with Crippen LogP contribution in [0.3, 0.4) is 0 Å². The lowest BCUT2D eigenvalue weighted by Gasteiger charge is -2.11. The first-order valence-corrected chi connectivity index (χ1v) is 8.72. The van der Waals surface area contributed by atoms with Crippen molar-refractivity contribution in [3.8, 4) is 11.5 Å². The molecule has 0 aromatic heterocycles. The maximum absolute atomic E-state index is 12.1. The predicted molar refractivity (Wildman–Crippen MR) is 109 cm³/mol. The Kier molecular flexibility index (Phi) is 5.98. The molecule has 9 heteroatoms. The molecule has 0 aliphatic heterocycles. The number of carbonyl (C=O) groups is 1. The minimum absolute atomic E-state index is 0.0611. The van der Waals surface area contributed by atoms with E-state index < -0.39 is 11.0 Å². The summed E-state index contributed by atoms with van der Waals surface area (Å²) >= 11 is 12.1. The number of amides is 2. The lowest BCUT2D eigenvalue weighted by molar-refractivity contribution is -0.384. The number of halogens is 2. The number of rotatable bonds is 5. The smallest absolute Gasteiger partial charge is 0.323 e. The number of hydrogen-bond donors (Lipinski definition) is 2. The van der Waals surface area contributed by atoms with Gasteiger partial charge in [0.1, 0.15) is 11.5 Å². The fourth-order valence-electron chi connectivity index (χ4n) is 2.25. The van der Waals surface area contributed by atoms with Crippen molar-refractivity contribution in [3.05, 3.63) is 86.9 Å². The molecule has 0 aliphatic carbocycles. The molecule has 0 atom stereocenters. The first kappa shape index (κ1) is 19.5. The van der Waals surface area contributed by atoms with Crippen molar-refractivity contribution in [3.63, 3.8) is 0 Å². The van der Waals surface area contributed by atoms with Crippen molar-refractivity contribution >= 4 is 46.3 Å². The van der Waals surface area contributed by atoms with Crippen molar-refractivity contribution in [1.29, 1.82) is 0 Å². The van der Waals surface area contributed by atoms with E-state index in [0.29, 0.717) is 32.9 Å². The lowest BCUT2D eigenvalue weighted by Crippen LogP contribution is -2.19. The van der Waals surface area contributed by atoms with E-state index in [9.17, 15) is 14.9 Å². The number of nitro benzene ring substituents is 1. The second-order valence-corrected chi connectivity index (χ2v) is 6.43. The van der Waals surface area contributed by atoms with Gasteiger partial charge in [-0.2, -0.15) is 0 Å². The van der Waals surface area contributed by atoms with Gasteiger partial charge in [-0.05, 0) is 54.6 Å². The van der Waals surface area contributed by atoms with E-state index in [0.717, 1.165) is 0 Å². The van der Waals surface area contributed by atoms with Crippen LogP contribution in [0.2, 0.25) is 10.0 Å². The van der Waals surface area contributed by atoms with Gasteiger partial charge in [0.15, 0.2) is 0 Å². The Morgan fingerprint density at radius 3 is 2.11 bits per heavy atom. The number of benzene rings is 3. The summed E-state index contributed by atoms with van der Waals surface area (Å²) in [5, 5.41) is 16.7. The van der Waals surface area contributed by atoms with Gasteiger partial charge >= 0.3 is 6.03 Å². The normalized spacial score (nSPS) is 10.2. The first-order valence-electron chi connectivity index (χ1n) is 7.96. The van der Waals surface area contributed by atoms with Gasteiger partial charge in [0.2, 0.25) is 0 Å². The van der Waals surface area contributed by atoms with Crippen LogP contribution in [-0.2, 0) is 0 Å². The molecule has 0 fully saturated rings. The van der Waals surface area contributed by atoms with E-state index in [1.54, 1.807) is 42.5 Å². The maximum Gasteiger partial charge on any atom is 0.323 e. The van der Waals surface area contributed by atoms with Crippen molar-refractivity contribution in [2.75, 3.05) is 10.6 Å². The van der Waals surface area contributed by atoms with E-state index in [1.165, 1.54) is 24.3 Å². The van der Waals surface area contributed by atoms with E-state index in [-0.39, 0.29) is 5.69 Å². The largest absolute Gasteiger partial charge is 0.456 e. The van der Waals surface area contributed by atoms with Crippen LogP contribution in [0, 0.1) is 10.1 Å². The van der Waals surface area contributed by atoms with Gasteiger partial charge in [0.25, 0.3) is 5.69 Å². The quantitative estimate of drug-likeness (QED) is 0.374. The second-order valence-electron chi connectivity index (χ2n) is 5.58. The topological polar surface area (TPSA) is 93.5 Å². The molecule has 0 saturated carbocycles. The monoisotopic (exact) mass is 417 g/mol. The number of ether oxygens (including phenoxy) is 1.